The van der Waals surface area contributed by atoms with Crippen molar-refractivity contribution >= 4 is 11.4 Å². The van der Waals surface area contributed by atoms with Crippen molar-refractivity contribution in [3.63, 3.8) is 0 Å². The highest BCUT2D eigenvalue weighted by Gasteiger charge is 2.22. The standard InChI is InChI=1S/C22H19FN2O3/c23-19-12-21(25(26)27)20(24)13-22(19)28-17-9-5-14(6-10-17)11-16-8-7-15-3-1-2-4-18(15)16/h1-6,9-10,12-13,16H,7-8,11,24H2. The number of hydrogen-bond acceptors (Lipinski definition) is 4. The summed E-state index contributed by atoms with van der Waals surface area (Å²) in [6, 6.07) is 17.9. The lowest BCUT2D eigenvalue weighted by atomic mass is 9.94. The molecule has 2 N–H and O–H groups in total. The molecule has 1 aliphatic rings. The predicted octanol–water partition coefficient (Wildman–Crippen LogP) is 5.38. The van der Waals surface area contributed by atoms with Crippen LogP contribution in [0.4, 0.5) is 15.8 Å². The van der Waals surface area contributed by atoms with Gasteiger partial charge in [-0.25, -0.2) is 4.39 Å². The molecule has 0 fully saturated rings. The van der Waals surface area contributed by atoms with Gasteiger partial charge in [0.15, 0.2) is 11.6 Å². The molecule has 1 atom stereocenters. The minimum Gasteiger partial charge on any atom is -0.454 e. The fourth-order valence-corrected chi connectivity index (χ4v) is 3.76. The first-order valence-corrected chi connectivity index (χ1v) is 9.09. The van der Waals surface area contributed by atoms with Gasteiger partial charge in [-0.05, 0) is 54.0 Å². The van der Waals surface area contributed by atoms with Crippen LogP contribution in [-0.4, -0.2) is 4.92 Å². The van der Waals surface area contributed by atoms with Crippen molar-refractivity contribution in [2.75, 3.05) is 5.73 Å². The lowest BCUT2D eigenvalue weighted by molar-refractivity contribution is -0.384. The Balaban J connectivity index is 1.47. The second-order valence-electron chi connectivity index (χ2n) is 6.98. The highest BCUT2D eigenvalue weighted by Crippen LogP contribution is 2.36. The van der Waals surface area contributed by atoms with Gasteiger partial charge in [0, 0.05) is 6.07 Å². The third-order valence-corrected chi connectivity index (χ3v) is 5.17. The van der Waals surface area contributed by atoms with Crippen LogP contribution in [0.15, 0.2) is 60.7 Å². The van der Waals surface area contributed by atoms with Crippen LogP contribution in [0.2, 0.25) is 0 Å². The number of nitrogen functional groups attached to an aromatic ring is 1. The quantitative estimate of drug-likeness (QED) is 0.367. The number of fused-ring (bicyclic) bond motifs is 1. The van der Waals surface area contributed by atoms with E-state index in [1.807, 2.05) is 12.1 Å². The zero-order valence-electron chi connectivity index (χ0n) is 15.1. The molecule has 0 saturated heterocycles. The highest BCUT2D eigenvalue weighted by molar-refractivity contribution is 5.61. The van der Waals surface area contributed by atoms with Gasteiger partial charge in [0.2, 0.25) is 0 Å². The van der Waals surface area contributed by atoms with Gasteiger partial charge < -0.3 is 10.5 Å². The maximum atomic E-state index is 14.1. The van der Waals surface area contributed by atoms with Crippen LogP contribution < -0.4 is 10.5 Å². The third kappa shape index (κ3) is 3.53. The molecule has 0 aliphatic heterocycles. The SMILES string of the molecule is Nc1cc(Oc2ccc(CC3CCc4ccccc43)cc2)c(F)cc1[N+](=O)[O-]. The van der Waals surface area contributed by atoms with Crippen molar-refractivity contribution in [3.8, 4) is 11.5 Å². The van der Waals surface area contributed by atoms with Crippen molar-refractivity contribution < 1.29 is 14.1 Å². The Morgan fingerprint density at radius 3 is 2.64 bits per heavy atom. The molecule has 0 aromatic heterocycles. The minimum atomic E-state index is -0.826. The first-order chi connectivity index (χ1) is 13.5. The van der Waals surface area contributed by atoms with Crippen LogP contribution in [-0.2, 0) is 12.8 Å². The van der Waals surface area contributed by atoms with Crippen molar-refractivity contribution in [1.82, 2.24) is 0 Å². The van der Waals surface area contributed by atoms with Crippen LogP contribution in [0.1, 0.15) is 29.0 Å². The van der Waals surface area contributed by atoms with Gasteiger partial charge in [0.1, 0.15) is 11.4 Å². The fraction of sp³-hybridized carbons (Fsp3) is 0.182. The van der Waals surface area contributed by atoms with E-state index in [0.29, 0.717) is 11.7 Å². The van der Waals surface area contributed by atoms with Gasteiger partial charge >= 0.3 is 0 Å². The van der Waals surface area contributed by atoms with Crippen molar-refractivity contribution in [2.24, 2.45) is 0 Å². The maximum Gasteiger partial charge on any atom is 0.295 e. The lowest BCUT2D eigenvalue weighted by Crippen LogP contribution is -1.99. The monoisotopic (exact) mass is 378 g/mol. The van der Waals surface area contributed by atoms with Crippen LogP contribution in [0.3, 0.4) is 0 Å². The molecule has 0 radical (unpaired) electrons. The molecule has 28 heavy (non-hydrogen) atoms. The molecule has 3 aromatic carbocycles. The number of nitrogens with two attached hydrogens (primary N) is 1. The number of hydrogen-bond donors (Lipinski definition) is 1. The molecule has 0 saturated carbocycles. The smallest absolute Gasteiger partial charge is 0.295 e. The molecular weight excluding hydrogens is 359 g/mol. The largest absolute Gasteiger partial charge is 0.454 e. The number of halogens is 1. The number of benzene rings is 3. The van der Waals surface area contributed by atoms with E-state index in [1.165, 1.54) is 16.7 Å². The van der Waals surface area contributed by atoms with E-state index in [0.717, 1.165) is 31.4 Å². The van der Waals surface area contributed by atoms with E-state index in [1.54, 1.807) is 12.1 Å². The predicted molar refractivity (Wildman–Crippen MR) is 105 cm³/mol. The summed E-state index contributed by atoms with van der Waals surface area (Å²) < 4.78 is 19.6. The lowest BCUT2D eigenvalue weighted by Gasteiger charge is -2.13. The van der Waals surface area contributed by atoms with E-state index in [-0.39, 0.29) is 11.4 Å². The summed E-state index contributed by atoms with van der Waals surface area (Å²) in [5, 5.41) is 10.8. The zero-order valence-corrected chi connectivity index (χ0v) is 15.1. The Labute approximate surface area is 161 Å². The Morgan fingerprint density at radius 1 is 1.14 bits per heavy atom. The second-order valence-corrected chi connectivity index (χ2v) is 6.98. The first kappa shape index (κ1) is 18.0. The molecule has 0 heterocycles. The minimum absolute atomic E-state index is 0.138. The number of anilines is 1. The molecule has 0 amide bonds. The Kier molecular flexibility index (Phi) is 4.69. The van der Waals surface area contributed by atoms with E-state index < -0.39 is 16.4 Å². The normalized spacial score (nSPS) is 15.2. The van der Waals surface area contributed by atoms with E-state index in [9.17, 15) is 14.5 Å². The van der Waals surface area contributed by atoms with Crippen LogP contribution in [0.5, 0.6) is 11.5 Å². The number of nitrogens with zero attached hydrogens (tertiary/aromatic N) is 1. The number of aryl methyl sites for hydroxylation is 1. The van der Waals surface area contributed by atoms with Crippen molar-refractivity contribution in [2.45, 2.75) is 25.2 Å². The van der Waals surface area contributed by atoms with Gasteiger partial charge in [0.05, 0.1) is 11.0 Å². The topological polar surface area (TPSA) is 78.4 Å². The van der Waals surface area contributed by atoms with Gasteiger partial charge in [0.25, 0.3) is 5.69 Å². The summed E-state index contributed by atoms with van der Waals surface area (Å²) in [6.45, 7) is 0. The van der Waals surface area contributed by atoms with Gasteiger partial charge in [-0.2, -0.15) is 0 Å². The summed E-state index contributed by atoms with van der Waals surface area (Å²) in [5.74, 6) is -0.00859. The number of ether oxygens (including phenoxy) is 1. The molecule has 0 bridgehead atoms. The molecule has 0 spiro atoms. The summed E-state index contributed by atoms with van der Waals surface area (Å²) in [4.78, 5) is 10.1. The van der Waals surface area contributed by atoms with Crippen molar-refractivity contribution in [3.05, 3.63) is 93.3 Å². The van der Waals surface area contributed by atoms with E-state index >= 15 is 0 Å². The summed E-state index contributed by atoms with van der Waals surface area (Å²) in [6.07, 6.45) is 3.20. The summed E-state index contributed by atoms with van der Waals surface area (Å²) in [7, 11) is 0. The maximum absolute atomic E-state index is 14.1. The summed E-state index contributed by atoms with van der Waals surface area (Å²) in [5.41, 5.74) is 9.03. The van der Waals surface area contributed by atoms with Gasteiger partial charge in [-0.1, -0.05) is 36.4 Å². The fourth-order valence-electron chi connectivity index (χ4n) is 3.76. The van der Waals surface area contributed by atoms with Gasteiger partial charge in [-0.15, -0.1) is 0 Å². The van der Waals surface area contributed by atoms with E-state index in [4.69, 9.17) is 10.5 Å². The molecular formula is C22H19FN2O3. The number of nitro benzene ring substituents is 1. The number of nitro groups is 1. The first-order valence-electron chi connectivity index (χ1n) is 9.09. The van der Waals surface area contributed by atoms with E-state index in [2.05, 4.69) is 24.3 Å². The van der Waals surface area contributed by atoms with Crippen LogP contribution in [0.25, 0.3) is 0 Å². The highest BCUT2D eigenvalue weighted by atomic mass is 19.1. The Morgan fingerprint density at radius 2 is 1.89 bits per heavy atom. The summed E-state index contributed by atoms with van der Waals surface area (Å²) >= 11 is 0. The molecule has 1 aliphatic carbocycles. The molecule has 4 rings (SSSR count). The molecule has 142 valence electrons. The average Bonchev–Trinajstić information content (AvgIpc) is 3.09. The van der Waals surface area contributed by atoms with Crippen LogP contribution >= 0.6 is 0 Å². The van der Waals surface area contributed by atoms with Crippen molar-refractivity contribution in [1.29, 1.82) is 0 Å². The molecule has 1 unspecified atom stereocenters. The average molecular weight is 378 g/mol. The Hall–Kier alpha value is -3.41. The van der Waals surface area contributed by atoms with Crippen LogP contribution in [0, 0.1) is 15.9 Å². The molecule has 6 heteroatoms. The number of rotatable bonds is 5. The zero-order chi connectivity index (χ0) is 19.7. The second kappa shape index (κ2) is 7.31. The third-order valence-electron chi connectivity index (χ3n) is 5.17. The molecule has 3 aromatic rings. The molecule has 5 nitrogen and oxygen atoms in total. The Bertz CT molecular complexity index is 1030. The van der Waals surface area contributed by atoms with Gasteiger partial charge in [-0.3, -0.25) is 10.1 Å².